The zero-order valence-corrected chi connectivity index (χ0v) is 11.7. The third kappa shape index (κ3) is 3.82. The molecule has 0 spiro atoms. The number of aromatic nitrogens is 2. The summed E-state index contributed by atoms with van der Waals surface area (Å²) >= 11 is 0. The van der Waals surface area contributed by atoms with Crippen molar-refractivity contribution in [2.24, 2.45) is 0 Å². The van der Waals surface area contributed by atoms with Gasteiger partial charge in [-0.15, -0.1) is 0 Å². The van der Waals surface area contributed by atoms with E-state index in [-0.39, 0.29) is 0 Å². The van der Waals surface area contributed by atoms with Crippen molar-refractivity contribution in [3.8, 4) is 0 Å². The van der Waals surface area contributed by atoms with E-state index in [1.54, 1.807) is 0 Å². The first kappa shape index (κ1) is 13.6. The van der Waals surface area contributed by atoms with Crippen molar-refractivity contribution in [1.29, 1.82) is 0 Å². The lowest BCUT2D eigenvalue weighted by Gasteiger charge is -2.13. The number of nitrogens with one attached hydrogen (secondary N) is 1. The summed E-state index contributed by atoms with van der Waals surface area (Å²) in [6, 6.07) is 2.81. The Labute approximate surface area is 110 Å². The van der Waals surface area contributed by atoms with Crippen LogP contribution >= 0.6 is 0 Å². The summed E-state index contributed by atoms with van der Waals surface area (Å²) in [6.07, 6.45) is 7.47. The van der Waals surface area contributed by atoms with E-state index in [1.165, 1.54) is 31.4 Å². The maximum atomic E-state index is 4.67. The summed E-state index contributed by atoms with van der Waals surface area (Å²) in [7, 11) is 2.15. The van der Waals surface area contributed by atoms with Crippen LogP contribution < -0.4 is 5.32 Å². The Morgan fingerprint density at radius 3 is 2.94 bits per heavy atom. The lowest BCUT2D eigenvalue weighted by atomic mass is 10.3. The van der Waals surface area contributed by atoms with Crippen molar-refractivity contribution in [3.05, 3.63) is 18.0 Å². The monoisotopic (exact) mass is 250 g/mol. The Morgan fingerprint density at radius 2 is 2.22 bits per heavy atom. The van der Waals surface area contributed by atoms with Crippen LogP contribution in [0.25, 0.3) is 0 Å². The molecular weight excluding hydrogens is 224 g/mol. The topological polar surface area (TPSA) is 33.1 Å². The molecule has 4 nitrogen and oxygen atoms in total. The highest BCUT2D eigenvalue weighted by Gasteiger charge is 2.17. The number of hydrogen-bond donors (Lipinski definition) is 1. The van der Waals surface area contributed by atoms with Gasteiger partial charge in [-0.05, 0) is 32.5 Å². The molecule has 1 heterocycles. The van der Waals surface area contributed by atoms with Gasteiger partial charge in [-0.1, -0.05) is 19.8 Å². The molecule has 0 unspecified atom stereocenters. The van der Waals surface area contributed by atoms with Crippen LogP contribution in [0.4, 0.5) is 0 Å². The average molecular weight is 250 g/mol. The summed E-state index contributed by atoms with van der Waals surface area (Å²) in [5, 5.41) is 8.12. The standard InChI is InChI=1S/C14H26N4/c1-3-17(2)11-9-15-12-13-8-10-18(16-13)14-6-4-5-7-14/h8,10,14-15H,3-7,9,11-12H2,1-2H3. The molecule has 1 aromatic rings. The molecule has 1 aromatic heterocycles. The number of hydrogen-bond acceptors (Lipinski definition) is 3. The zero-order valence-electron chi connectivity index (χ0n) is 11.7. The highest BCUT2D eigenvalue weighted by atomic mass is 15.3. The predicted molar refractivity (Wildman–Crippen MR) is 74.6 cm³/mol. The summed E-state index contributed by atoms with van der Waals surface area (Å²) in [6.45, 7) is 6.30. The fourth-order valence-electron chi connectivity index (χ4n) is 2.49. The molecule has 0 atom stereocenters. The Kier molecular flexibility index (Phi) is 5.20. The Morgan fingerprint density at radius 1 is 1.44 bits per heavy atom. The second-order valence-corrected chi connectivity index (χ2v) is 5.30. The van der Waals surface area contributed by atoms with Gasteiger partial charge >= 0.3 is 0 Å². The van der Waals surface area contributed by atoms with E-state index < -0.39 is 0 Å². The Hall–Kier alpha value is -0.870. The minimum Gasteiger partial charge on any atom is -0.310 e. The molecule has 0 saturated heterocycles. The fourth-order valence-corrected chi connectivity index (χ4v) is 2.49. The van der Waals surface area contributed by atoms with Crippen LogP contribution in [0.5, 0.6) is 0 Å². The Bertz CT molecular complexity index is 341. The molecule has 1 aliphatic carbocycles. The van der Waals surface area contributed by atoms with Crippen LogP contribution in [-0.4, -0.2) is 41.4 Å². The zero-order chi connectivity index (χ0) is 12.8. The molecule has 1 aliphatic rings. The van der Waals surface area contributed by atoms with Gasteiger partial charge in [-0.25, -0.2) is 0 Å². The van der Waals surface area contributed by atoms with Crippen LogP contribution in [0.1, 0.15) is 44.3 Å². The maximum Gasteiger partial charge on any atom is 0.0762 e. The van der Waals surface area contributed by atoms with Crippen molar-refractivity contribution in [2.45, 2.75) is 45.2 Å². The Balaban J connectivity index is 1.70. The molecule has 0 aromatic carbocycles. The van der Waals surface area contributed by atoms with Crippen molar-refractivity contribution < 1.29 is 0 Å². The smallest absolute Gasteiger partial charge is 0.0762 e. The fraction of sp³-hybridized carbons (Fsp3) is 0.786. The first-order valence-corrected chi connectivity index (χ1v) is 7.23. The lowest BCUT2D eigenvalue weighted by molar-refractivity contribution is 0.348. The van der Waals surface area contributed by atoms with Gasteiger partial charge in [-0.3, -0.25) is 4.68 Å². The van der Waals surface area contributed by atoms with Gasteiger partial charge in [0.25, 0.3) is 0 Å². The van der Waals surface area contributed by atoms with E-state index >= 15 is 0 Å². The maximum absolute atomic E-state index is 4.67. The van der Waals surface area contributed by atoms with E-state index in [4.69, 9.17) is 0 Å². The van der Waals surface area contributed by atoms with Crippen molar-refractivity contribution >= 4 is 0 Å². The highest BCUT2D eigenvalue weighted by Crippen LogP contribution is 2.28. The quantitative estimate of drug-likeness (QED) is 0.752. The minimum atomic E-state index is 0.657. The van der Waals surface area contributed by atoms with Crippen LogP contribution in [0.15, 0.2) is 12.3 Å². The summed E-state index contributed by atoms with van der Waals surface area (Å²) in [5.41, 5.74) is 1.17. The first-order valence-electron chi connectivity index (χ1n) is 7.23. The van der Waals surface area contributed by atoms with Crippen LogP contribution in [0.3, 0.4) is 0 Å². The van der Waals surface area contributed by atoms with Gasteiger partial charge in [0, 0.05) is 25.8 Å². The molecule has 1 fully saturated rings. The van der Waals surface area contributed by atoms with Gasteiger partial charge in [0.1, 0.15) is 0 Å². The molecule has 1 saturated carbocycles. The largest absolute Gasteiger partial charge is 0.310 e. The molecule has 2 rings (SSSR count). The van der Waals surface area contributed by atoms with E-state index in [9.17, 15) is 0 Å². The summed E-state index contributed by atoms with van der Waals surface area (Å²) < 4.78 is 2.17. The van der Waals surface area contributed by atoms with E-state index in [0.717, 1.165) is 26.2 Å². The van der Waals surface area contributed by atoms with Crippen LogP contribution in [0, 0.1) is 0 Å². The number of rotatable bonds is 7. The molecule has 0 bridgehead atoms. The van der Waals surface area contributed by atoms with E-state index in [0.29, 0.717) is 6.04 Å². The predicted octanol–water partition coefficient (Wildman–Crippen LogP) is 2.04. The number of likely N-dealkylation sites (N-methyl/N-ethyl adjacent to an activating group) is 1. The summed E-state index contributed by atoms with van der Waals surface area (Å²) in [4.78, 5) is 2.31. The molecule has 18 heavy (non-hydrogen) atoms. The van der Waals surface area contributed by atoms with Crippen molar-refractivity contribution in [1.82, 2.24) is 20.0 Å². The van der Waals surface area contributed by atoms with Gasteiger partial charge in [0.05, 0.1) is 11.7 Å². The third-order valence-electron chi connectivity index (χ3n) is 3.88. The molecular formula is C14H26N4. The normalized spacial score (nSPS) is 16.8. The van der Waals surface area contributed by atoms with Gasteiger partial charge in [-0.2, -0.15) is 5.10 Å². The minimum absolute atomic E-state index is 0.657. The van der Waals surface area contributed by atoms with E-state index in [2.05, 4.69) is 46.2 Å². The molecule has 0 radical (unpaired) electrons. The second-order valence-electron chi connectivity index (χ2n) is 5.30. The highest BCUT2D eigenvalue weighted by molar-refractivity contribution is 4.99. The van der Waals surface area contributed by atoms with Gasteiger partial charge in [0.2, 0.25) is 0 Å². The third-order valence-corrected chi connectivity index (χ3v) is 3.88. The van der Waals surface area contributed by atoms with Crippen LogP contribution in [0.2, 0.25) is 0 Å². The molecule has 0 aliphatic heterocycles. The second kappa shape index (κ2) is 6.90. The summed E-state index contributed by atoms with van der Waals surface area (Å²) in [5.74, 6) is 0. The van der Waals surface area contributed by atoms with Crippen molar-refractivity contribution in [2.75, 3.05) is 26.7 Å². The lowest BCUT2D eigenvalue weighted by Crippen LogP contribution is -2.28. The first-order chi connectivity index (χ1) is 8.79. The molecule has 0 amide bonds. The van der Waals surface area contributed by atoms with E-state index in [1.807, 2.05) is 0 Å². The molecule has 1 N–H and O–H groups in total. The average Bonchev–Trinajstić information content (AvgIpc) is 3.04. The molecule has 4 heteroatoms. The van der Waals surface area contributed by atoms with Gasteiger partial charge < -0.3 is 10.2 Å². The van der Waals surface area contributed by atoms with Crippen LogP contribution in [-0.2, 0) is 6.54 Å². The molecule has 102 valence electrons. The van der Waals surface area contributed by atoms with Crippen molar-refractivity contribution in [3.63, 3.8) is 0 Å². The SMILES string of the molecule is CCN(C)CCNCc1ccn(C2CCCC2)n1. The number of nitrogens with zero attached hydrogens (tertiary/aromatic N) is 3. The van der Waals surface area contributed by atoms with Gasteiger partial charge in [0.15, 0.2) is 0 Å².